The molecular formula is C12H11ClF3N3. The van der Waals surface area contributed by atoms with Crippen LogP contribution in [0.3, 0.4) is 0 Å². The maximum atomic E-state index is 12.6. The predicted molar refractivity (Wildman–Crippen MR) is 65.0 cm³/mol. The number of rotatable bonds is 4. The summed E-state index contributed by atoms with van der Waals surface area (Å²) < 4.78 is 39.2. The van der Waals surface area contributed by atoms with E-state index < -0.39 is 11.7 Å². The Labute approximate surface area is 113 Å². The van der Waals surface area contributed by atoms with Crippen LogP contribution in [0.25, 0.3) is 0 Å². The molecule has 1 aromatic carbocycles. The third kappa shape index (κ3) is 3.70. The normalized spacial score (nSPS) is 11.8. The summed E-state index contributed by atoms with van der Waals surface area (Å²) in [5.41, 5.74) is 0.588. The van der Waals surface area contributed by atoms with Crippen molar-refractivity contribution in [3.8, 4) is 0 Å². The summed E-state index contributed by atoms with van der Waals surface area (Å²) in [5, 5.41) is 7.73. The van der Waals surface area contributed by atoms with Crippen molar-refractivity contribution in [2.24, 2.45) is 0 Å². The Morgan fingerprint density at radius 2 is 2.05 bits per heavy atom. The number of benzene rings is 1. The average Bonchev–Trinajstić information content (AvgIpc) is 2.76. The minimum atomic E-state index is -4.33. The molecule has 2 aromatic rings. The van der Waals surface area contributed by atoms with Crippen LogP contribution in [-0.2, 0) is 19.1 Å². The lowest BCUT2D eigenvalue weighted by atomic mass is 10.1. The van der Waals surface area contributed by atoms with Crippen LogP contribution < -0.4 is 0 Å². The summed E-state index contributed by atoms with van der Waals surface area (Å²) in [6.45, 7) is 0.249. The van der Waals surface area contributed by atoms with Gasteiger partial charge in [0.05, 0.1) is 17.8 Å². The van der Waals surface area contributed by atoms with E-state index in [0.29, 0.717) is 17.9 Å². The maximum absolute atomic E-state index is 12.6. The van der Waals surface area contributed by atoms with E-state index in [1.807, 2.05) is 0 Å². The van der Waals surface area contributed by atoms with E-state index >= 15 is 0 Å². The standard InChI is InChI=1S/C12H11ClF3N3/c13-5-4-11-8-19(18-17-11)7-9-2-1-3-10(6-9)12(14,15)16/h1-3,6,8H,4-5,7H2. The monoisotopic (exact) mass is 289 g/mol. The van der Waals surface area contributed by atoms with E-state index in [-0.39, 0.29) is 6.54 Å². The molecule has 0 atom stereocenters. The molecule has 0 spiro atoms. The van der Waals surface area contributed by atoms with Gasteiger partial charge >= 0.3 is 6.18 Å². The van der Waals surface area contributed by atoms with Crippen LogP contribution in [0.15, 0.2) is 30.5 Å². The van der Waals surface area contributed by atoms with Crippen LogP contribution in [0.1, 0.15) is 16.8 Å². The van der Waals surface area contributed by atoms with E-state index in [4.69, 9.17) is 11.6 Å². The van der Waals surface area contributed by atoms with Crippen LogP contribution in [0.4, 0.5) is 13.2 Å². The van der Waals surface area contributed by atoms with Crippen LogP contribution in [-0.4, -0.2) is 20.9 Å². The minimum Gasteiger partial charge on any atom is -0.248 e. The molecule has 102 valence electrons. The lowest BCUT2D eigenvalue weighted by molar-refractivity contribution is -0.137. The first-order valence-corrected chi connectivity index (χ1v) is 6.13. The van der Waals surface area contributed by atoms with Crippen LogP contribution >= 0.6 is 11.6 Å². The molecule has 0 N–H and O–H groups in total. The maximum Gasteiger partial charge on any atom is 0.416 e. The van der Waals surface area contributed by atoms with Crippen molar-refractivity contribution >= 4 is 11.6 Å². The smallest absolute Gasteiger partial charge is 0.248 e. The van der Waals surface area contributed by atoms with Gasteiger partial charge in [0.1, 0.15) is 0 Å². The molecule has 0 saturated heterocycles. The summed E-state index contributed by atoms with van der Waals surface area (Å²) in [5.74, 6) is 0.433. The van der Waals surface area contributed by atoms with E-state index in [2.05, 4.69) is 10.3 Å². The second-order valence-electron chi connectivity index (χ2n) is 4.04. The Balaban J connectivity index is 2.14. The molecule has 1 aromatic heterocycles. The number of halogens is 4. The highest BCUT2D eigenvalue weighted by Gasteiger charge is 2.30. The average molecular weight is 290 g/mol. The SMILES string of the molecule is FC(F)(F)c1cccc(Cn2cc(CCCl)nn2)c1. The lowest BCUT2D eigenvalue weighted by Crippen LogP contribution is -2.07. The van der Waals surface area contributed by atoms with E-state index in [1.165, 1.54) is 10.7 Å². The first kappa shape index (κ1) is 13.9. The van der Waals surface area contributed by atoms with Crippen molar-refractivity contribution in [1.82, 2.24) is 15.0 Å². The fourth-order valence-corrected chi connectivity index (χ4v) is 1.85. The Morgan fingerprint density at radius 3 is 2.74 bits per heavy atom. The van der Waals surface area contributed by atoms with Gasteiger partial charge in [0, 0.05) is 18.5 Å². The third-order valence-corrected chi connectivity index (χ3v) is 2.72. The fourth-order valence-electron chi connectivity index (χ4n) is 1.66. The Kier molecular flexibility index (Phi) is 4.09. The van der Waals surface area contributed by atoms with Crippen molar-refractivity contribution < 1.29 is 13.2 Å². The quantitative estimate of drug-likeness (QED) is 0.810. The number of aromatic nitrogens is 3. The highest BCUT2D eigenvalue weighted by molar-refractivity contribution is 6.17. The van der Waals surface area contributed by atoms with Gasteiger partial charge < -0.3 is 0 Å². The van der Waals surface area contributed by atoms with Crippen molar-refractivity contribution in [3.63, 3.8) is 0 Å². The van der Waals surface area contributed by atoms with Gasteiger partial charge in [-0.15, -0.1) is 16.7 Å². The van der Waals surface area contributed by atoms with Gasteiger partial charge in [-0.05, 0) is 17.7 Å². The Bertz CT molecular complexity index is 551. The number of hydrogen-bond donors (Lipinski definition) is 0. The number of nitrogens with zero attached hydrogens (tertiary/aromatic N) is 3. The molecule has 7 heteroatoms. The van der Waals surface area contributed by atoms with Crippen molar-refractivity contribution in [2.45, 2.75) is 19.1 Å². The van der Waals surface area contributed by atoms with Gasteiger partial charge in [-0.1, -0.05) is 17.3 Å². The molecule has 0 radical (unpaired) electrons. The van der Waals surface area contributed by atoms with Gasteiger partial charge in [0.15, 0.2) is 0 Å². The molecule has 0 fully saturated rings. The lowest BCUT2D eigenvalue weighted by Gasteiger charge is -2.08. The summed E-state index contributed by atoms with van der Waals surface area (Å²) in [6.07, 6.45) is -2.06. The molecule has 0 aliphatic carbocycles. The van der Waals surface area contributed by atoms with Crippen molar-refractivity contribution in [1.29, 1.82) is 0 Å². The molecule has 0 bridgehead atoms. The van der Waals surface area contributed by atoms with E-state index in [9.17, 15) is 13.2 Å². The number of alkyl halides is 4. The molecule has 1 heterocycles. The molecule has 2 rings (SSSR count). The first-order chi connectivity index (χ1) is 8.99. The molecule has 0 aliphatic heterocycles. The summed E-state index contributed by atoms with van der Waals surface area (Å²) in [6, 6.07) is 5.17. The molecule has 19 heavy (non-hydrogen) atoms. The summed E-state index contributed by atoms with van der Waals surface area (Å²) in [7, 11) is 0. The largest absolute Gasteiger partial charge is 0.416 e. The highest BCUT2D eigenvalue weighted by Crippen LogP contribution is 2.29. The third-order valence-electron chi connectivity index (χ3n) is 2.54. The van der Waals surface area contributed by atoms with Crippen LogP contribution in [0.5, 0.6) is 0 Å². The molecule has 0 aliphatic rings. The van der Waals surface area contributed by atoms with Gasteiger partial charge in [0.25, 0.3) is 0 Å². The molecular weight excluding hydrogens is 279 g/mol. The summed E-state index contributed by atoms with van der Waals surface area (Å²) >= 11 is 5.57. The highest BCUT2D eigenvalue weighted by atomic mass is 35.5. The van der Waals surface area contributed by atoms with Crippen LogP contribution in [0, 0.1) is 0 Å². The first-order valence-electron chi connectivity index (χ1n) is 5.60. The van der Waals surface area contributed by atoms with Crippen molar-refractivity contribution in [3.05, 3.63) is 47.3 Å². The molecule has 0 amide bonds. The second-order valence-corrected chi connectivity index (χ2v) is 4.42. The number of aryl methyl sites for hydroxylation is 1. The van der Waals surface area contributed by atoms with Gasteiger partial charge in [-0.3, -0.25) is 0 Å². The predicted octanol–water partition coefficient (Wildman–Crippen LogP) is 3.13. The van der Waals surface area contributed by atoms with Crippen molar-refractivity contribution in [2.75, 3.05) is 5.88 Å². The van der Waals surface area contributed by atoms with Gasteiger partial charge in [0.2, 0.25) is 0 Å². The zero-order valence-electron chi connectivity index (χ0n) is 9.86. The Morgan fingerprint density at radius 1 is 1.26 bits per heavy atom. The zero-order chi connectivity index (χ0) is 13.9. The fraction of sp³-hybridized carbons (Fsp3) is 0.333. The summed E-state index contributed by atoms with van der Waals surface area (Å²) in [4.78, 5) is 0. The minimum absolute atomic E-state index is 0.249. The zero-order valence-corrected chi connectivity index (χ0v) is 10.6. The molecule has 0 saturated carbocycles. The number of hydrogen-bond acceptors (Lipinski definition) is 2. The molecule has 3 nitrogen and oxygen atoms in total. The topological polar surface area (TPSA) is 30.7 Å². The van der Waals surface area contributed by atoms with Gasteiger partial charge in [-0.25, -0.2) is 4.68 Å². The van der Waals surface area contributed by atoms with Gasteiger partial charge in [-0.2, -0.15) is 13.2 Å². The van der Waals surface area contributed by atoms with E-state index in [1.54, 1.807) is 12.3 Å². The molecule has 0 unspecified atom stereocenters. The van der Waals surface area contributed by atoms with Crippen LogP contribution in [0.2, 0.25) is 0 Å². The Hall–Kier alpha value is -1.56. The second kappa shape index (κ2) is 5.61. The van der Waals surface area contributed by atoms with E-state index in [0.717, 1.165) is 17.8 Å².